The first-order chi connectivity index (χ1) is 10.8. The van der Waals surface area contributed by atoms with Gasteiger partial charge in [-0.15, -0.1) is 12.3 Å². The predicted molar refractivity (Wildman–Crippen MR) is 94.3 cm³/mol. The molecule has 1 aromatic rings. The maximum Gasteiger partial charge on any atom is 0.166 e. The van der Waals surface area contributed by atoms with Crippen molar-refractivity contribution in [1.82, 2.24) is 15.5 Å². The Balaban J connectivity index is 1.42. The molecule has 4 heteroatoms. The van der Waals surface area contributed by atoms with Crippen LogP contribution in [-0.2, 0) is 6.54 Å². The molecule has 3 heterocycles. The molecule has 22 heavy (non-hydrogen) atoms. The minimum absolute atomic E-state index is 0.452. The largest absolute Gasteiger partial charge is 0.361 e. The van der Waals surface area contributed by atoms with Crippen molar-refractivity contribution in [1.29, 1.82) is 0 Å². The molecule has 0 amide bonds. The number of rotatable bonds is 4. The number of nitrogens with one attached hydrogen (secondary N) is 2. The lowest BCUT2D eigenvalue weighted by Crippen LogP contribution is -2.57. The first kappa shape index (κ1) is 15.3. The molecule has 1 aromatic carbocycles. The molecule has 3 saturated heterocycles. The Morgan fingerprint density at radius 1 is 1.32 bits per heavy atom. The molecular weight excluding hydrogens is 290 g/mol. The zero-order valence-electron chi connectivity index (χ0n) is 12.8. The van der Waals surface area contributed by atoms with Gasteiger partial charge in [0.05, 0.1) is 0 Å². The van der Waals surface area contributed by atoms with Crippen molar-refractivity contribution in [3.63, 3.8) is 0 Å². The molecular formula is C18H23N3S. The number of fused-ring (bicyclic) bond motifs is 3. The van der Waals surface area contributed by atoms with Crippen molar-refractivity contribution < 1.29 is 0 Å². The van der Waals surface area contributed by atoms with E-state index in [-0.39, 0.29) is 0 Å². The molecule has 0 spiro atoms. The summed E-state index contributed by atoms with van der Waals surface area (Å²) in [6.07, 6.45) is 8.08. The topological polar surface area (TPSA) is 27.3 Å². The van der Waals surface area contributed by atoms with Gasteiger partial charge in [-0.1, -0.05) is 30.3 Å². The number of hydrogen-bond donors (Lipinski definition) is 2. The molecule has 4 atom stereocenters. The quantitative estimate of drug-likeness (QED) is 0.657. The Morgan fingerprint density at radius 2 is 2.14 bits per heavy atom. The van der Waals surface area contributed by atoms with Gasteiger partial charge in [0.2, 0.25) is 0 Å². The van der Waals surface area contributed by atoms with Crippen LogP contribution in [0.1, 0.15) is 18.4 Å². The average Bonchev–Trinajstić information content (AvgIpc) is 2.59. The SMILES string of the molecule is C#CC1CN2CCC1CC2CNC(=S)NCc1ccccc1. The van der Waals surface area contributed by atoms with E-state index in [0.29, 0.717) is 17.9 Å². The van der Waals surface area contributed by atoms with Gasteiger partial charge in [-0.2, -0.15) is 0 Å². The second-order valence-corrected chi connectivity index (χ2v) is 6.66. The first-order valence-corrected chi connectivity index (χ1v) is 8.43. The van der Waals surface area contributed by atoms with Crippen LogP contribution in [0.3, 0.4) is 0 Å². The third kappa shape index (κ3) is 3.60. The van der Waals surface area contributed by atoms with Crippen molar-refractivity contribution in [3.05, 3.63) is 35.9 Å². The van der Waals surface area contributed by atoms with Crippen molar-refractivity contribution in [2.75, 3.05) is 19.6 Å². The minimum atomic E-state index is 0.452. The summed E-state index contributed by atoms with van der Waals surface area (Å²) in [7, 11) is 0. The molecule has 0 aliphatic carbocycles. The molecule has 116 valence electrons. The van der Waals surface area contributed by atoms with Gasteiger partial charge in [0, 0.05) is 31.6 Å². The molecule has 4 unspecified atom stereocenters. The van der Waals surface area contributed by atoms with Gasteiger partial charge in [0.15, 0.2) is 5.11 Å². The van der Waals surface area contributed by atoms with E-state index in [1.807, 2.05) is 18.2 Å². The van der Waals surface area contributed by atoms with Crippen molar-refractivity contribution in [2.45, 2.75) is 25.4 Å². The Morgan fingerprint density at radius 3 is 2.82 bits per heavy atom. The fourth-order valence-electron chi connectivity index (χ4n) is 3.59. The van der Waals surface area contributed by atoms with Crippen LogP contribution < -0.4 is 10.6 Å². The fraction of sp³-hybridized carbons (Fsp3) is 0.500. The molecule has 3 aliphatic heterocycles. The summed E-state index contributed by atoms with van der Waals surface area (Å²) >= 11 is 5.38. The lowest BCUT2D eigenvalue weighted by atomic mass is 9.76. The lowest BCUT2D eigenvalue weighted by molar-refractivity contribution is 0.0248. The van der Waals surface area contributed by atoms with Gasteiger partial charge in [-0.05, 0) is 43.1 Å². The summed E-state index contributed by atoms with van der Waals surface area (Å²) in [5, 5.41) is 7.38. The van der Waals surface area contributed by atoms with Gasteiger partial charge in [-0.3, -0.25) is 4.90 Å². The molecule has 3 aliphatic rings. The fourth-order valence-corrected chi connectivity index (χ4v) is 3.75. The Hall–Kier alpha value is -1.57. The third-order valence-corrected chi connectivity index (χ3v) is 5.18. The Kier molecular flexibility index (Phi) is 4.97. The van der Waals surface area contributed by atoms with Crippen LogP contribution in [0.4, 0.5) is 0 Å². The Bertz CT molecular complexity index is 551. The highest BCUT2D eigenvalue weighted by atomic mass is 32.1. The molecule has 3 fully saturated rings. The number of terminal acetylenes is 1. The molecule has 0 radical (unpaired) electrons. The predicted octanol–water partition coefficient (Wildman–Crippen LogP) is 1.99. The highest BCUT2D eigenvalue weighted by Crippen LogP contribution is 2.35. The van der Waals surface area contributed by atoms with E-state index in [4.69, 9.17) is 18.6 Å². The normalized spacial score (nSPS) is 29.6. The van der Waals surface area contributed by atoms with E-state index < -0.39 is 0 Å². The van der Waals surface area contributed by atoms with Crippen LogP contribution in [0.15, 0.2) is 30.3 Å². The maximum absolute atomic E-state index is 5.63. The molecule has 2 bridgehead atoms. The van der Waals surface area contributed by atoms with Gasteiger partial charge in [-0.25, -0.2) is 0 Å². The number of piperidine rings is 3. The zero-order chi connectivity index (χ0) is 15.4. The van der Waals surface area contributed by atoms with Crippen LogP contribution in [0.5, 0.6) is 0 Å². The monoisotopic (exact) mass is 313 g/mol. The maximum atomic E-state index is 5.63. The number of benzene rings is 1. The van der Waals surface area contributed by atoms with Crippen LogP contribution in [0.25, 0.3) is 0 Å². The summed E-state index contributed by atoms with van der Waals surface area (Å²) in [5.74, 6) is 4.11. The highest BCUT2D eigenvalue weighted by molar-refractivity contribution is 7.80. The van der Waals surface area contributed by atoms with Crippen LogP contribution in [0.2, 0.25) is 0 Å². The minimum Gasteiger partial charge on any atom is -0.361 e. The molecule has 3 nitrogen and oxygen atoms in total. The summed E-state index contributed by atoms with van der Waals surface area (Å²) in [5.41, 5.74) is 1.24. The van der Waals surface area contributed by atoms with E-state index in [9.17, 15) is 0 Å². The van der Waals surface area contributed by atoms with Crippen molar-refractivity contribution >= 4 is 17.3 Å². The summed E-state index contributed by atoms with van der Waals surface area (Å²) < 4.78 is 0. The van der Waals surface area contributed by atoms with Crippen LogP contribution >= 0.6 is 12.2 Å². The van der Waals surface area contributed by atoms with Gasteiger partial charge >= 0.3 is 0 Å². The second-order valence-electron chi connectivity index (χ2n) is 6.26. The average molecular weight is 313 g/mol. The van der Waals surface area contributed by atoms with Crippen LogP contribution in [0, 0.1) is 24.2 Å². The van der Waals surface area contributed by atoms with E-state index in [1.54, 1.807) is 0 Å². The van der Waals surface area contributed by atoms with E-state index in [2.05, 4.69) is 33.6 Å². The Labute approximate surface area is 138 Å². The highest BCUT2D eigenvalue weighted by Gasteiger charge is 2.38. The summed E-state index contributed by atoms with van der Waals surface area (Å²) in [4.78, 5) is 2.53. The smallest absolute Gasteiger partial charge is 0.166 e. The van der Waals surface area contributed by atoms with Gasteiger partial charge < -0.3 is 10.6 Å². The number of hydrogen-bond acceptors (Lipinski definition) is 2. The van der Waals surface area contributed by atoms with E-state index >= 15 is 0 Å². The van der Waals surface area contributed by atoms with Crippen molar-refractivity contribution in [2.24, 2.45) is 11.8 Å². The summed E-state index contributed by atoms with van der Waals surface area (Å²) in [6.45, 7) is 3.91. The van der Waals surface area contributed by atoms with E-state index in [0.717, 1.165) is 24.7 Å². The van der Waals surface area contributed by atoms with E-state index in [1.165, 1.54) is 24.9 Å². The van der Waals surface area contributed by atoms with Crippen molar-refractivity contribution in [3.8, 4) is 12.3 Å². The third-order valence-electron chi connectivity index (χ3n) is 4.89. The van der Waals surface area contributed by atoms with Crippen LogP contribution in [-0.4, -0.2) is 35.7 Å². The number of thiocarbonyl (C=S) groups is 1. The van der Waals surface area contributed by atoms with Gasteiger partial charge in [0.1, 0.15) is 0 Å². The molecule has 0 aromatic heterocycles. The lowest BCUT2D eigenvalue weighted by Gasteiger charge is -2.48. The molecule has 2 N–H and O–H groups in total. The number of nitrogens with zero attached hydrogens (tertiary/aromatic N) is 1. The summed E-state index contributed by atoms with van der Waals surface area (Å²) in [6, 6.07) is 10.9. The standard InChI is InChI=1S/C18H23N3S/c1-2-15-13-21-9-8-16(15)10-17(21)12-20-18(22)19-11-14-6-4-3-5-7-14/h1,3-7,15-17H,8-13H2,(H2,19,20,22). The first-order valence-electron chi connectivity index (χ1n) is 8.02. The second kappa shape index (κ2) is 7.13. The molecule has 4 rings (SSSR count). The molecule has 0 saturated carbocycles. The zero-order valence-corrected chi connectivity index (χ0v) is 13.6. The van der Waals surface area contributed by atoms with Gasteiger partial charge in [0.25, 0.3) is 0 Å².